The molecule has 0 fully saturated rings. The molecule has 0 aliphatic carbocycles. The van der Waals surface area contributed by atoms with Gasteiger partial charge in [0.15, 0.2) is 0 Å². The number of benzene rings is 2. The highest BCUT2D eigenvalue weighted by Crippen LogP contribution is 2.30. The van der Waals surface area contributed by atoms with E-state index in [0.29, 0.717) is 0 Å². The van der Waals surface area contributed by atoms with Gasteiger partial charge in [-0.3, -0.25) is 4.90 Å². The zero-order valence-corrected chi connectivity index (χ0v) is 9.25. The lowest BCUT2D eigenvalue weighted by Crippen LogP contribution is -2.21. The number of hydrogen-bond donors (Lipinski definition) is 0. The normalized spacial score (nSPS) is 15.9. The second kappa shape index (κ2) is 3.07. The average Bonchev–Trinajstić information content (AvgIpc) is 2.16. The minimum atomic E-state index is 1.08. The Morgan fingerprint density at radius 2 is 1.87 bits per heavy atom. The van der Waals surface area contributed by atoms with Crippen LogP contribution in [0.2, 0.25) is 0 Å². The molecule has 0 amide bonds. The fourth-order valence-electron chi connectivity index (χ4n) is 2.66. The summed E-state index contributed by atoms with van der Waals surface area (Å²) in [6.45, 7) is 4.33. The average molecular weight is 197 g/mol. The maximum atomic E-state index is 2.37. The van der Waals surface area contributed by atoms with Crippen LogP contribution in [0.1, 0.15) is 16.7 Å². The molecular weight excluding hydrogens is 182 g/mol. The van der Waals surface area contributed by atoms with Crippen molar-refractivity contribution in [2.24, 2.45) is 0 Å². The van der Waals surface area contributed by atoms with Crippen molar-refractivity contribution in [2.75, 3.05) is 7.05 Å². The first-order valence-electron chi connectivity index (χ1n) is 5.44. The number of aryl methyl sites for hydroxylation is 1. The highest BCUT2D eigenvalue weighted by Gasteiger charge is 2.15. The van der Waals surface area contributed by atoms with Crippen LogP contribution in [0.3, 0.4) is 0 Å². The van der Waals surface area contributed by atoms with Gasteiger partial charge in [-0.25, -0.2) is 0 Å². The largest absolute Gasteiger partial charge is 0.298 e. The van der Waals surface area contributed by atoms with E-state index in [-0.39, 0.29) is 0 Å². The smallest absolute Gasteiger partial charge is 0.0240 e. The van der Waals surface area contributed by atoms with Gasteiger partial charge < -0.3 is 0 Å². The third kappa shape index (κ3) is 1.35. The van der Waals surface area contributed by atoms with Crippen molar-refractivity contribution in [1.29, 1.82) is 0 Å². The van der Waals surface area contributed by atoms with E-state index < -0.39 is 0 Å². The highest BCUT2D eigenvalue weighted by molar-refractivity contribution is 5.90. The fraction of sp³-hybridized carbons (Fsp3) is 0.286. The molecule has 0 aromatic heterocycles. The minimum Gasteiger partial charge on any atom is -0.298 e. The van der Waals surface area contributed by atoms with E-state index in [9.17, 15) is 0 Å². The molecule has 76 valence electrons. The maximum Gasteiger partial charge on any atom is 0.0240 e. The Labute approximate surface area is 90.3 Å². The molecule has 1 aliphatic rings. The molecule has 0 N–H and O–H groups in total. The minimum absolute atomic E-state index is 1.08. The maximum absolute atomic E-state index is 2.37. The topological polar surface area (TPSA) is 3.24 Å². The quantitative estimate of drug-likeness (QED) is 0.627. The van der Waals surface area contributed by atoms with Gasteiger partial charge >= 0.3 is 0 Å². The molecule has 0 spiro atoms. The molecule has 0 atom stereocenters. The molecule has 2 aromatic carbocycles. The Hall–Kier alpha value is -1.34. The lowest BCUT2D eigenvalue weighted by Gasteiger charge is -2.26. The highest BCUT2D eigenvalue weighted by atomic mass is 15.1. The SMILES string of the molecule is Cc1cc2c3c(cccc3c1)CN(C)C2. The summed E-state index contributed by atoms with van der Waals surface area (Å²) in [6.07, 6.45) is 0. The summed E-state index contributed by atoms with van der Waals surface area (Å²) >= 11 is 0. The first-order valence-corrected chi connectivity index (χ1v) is 5.44. The van der Waals surface area contributed by atoms with Crippen LogP contribution in [0.5, 0.6) is 0 Å². The van der Waals surface area contributed by atoms with Crippen molar-refractivity contribution in [3.8, 4) is 0 Å². The van der Waals surface area contributed by atoms with Crippen molar-refractivity contribution >= 4 is 10.8 Å². The Bertz CT molecular complexity index is 528. The molecule has 0 unspecified atom stereocenters. The molecule has 3 rings (SSSR count). The van der Waals surface area contributed by atoms with Gasteiger partial charge in [0.1, 0.15) is 0 Å². The van der Waals surface area contributed by atoms with Crippen LogP contribution in [-0.2, 0) is 13.1 Å². The molecule has 1 heterocycles. The Morgan fingerprint density at radius 1 is 1.07 bits per heavy atom. The van der Waals surface area contributed by atoms with Gasteiger partial charge in [0, 0.05) is 13.1 Å². The van der Waals surface area contributed by atoms with Gasteiger partial charge in [-0.2, -0.15) is 0 Å². The van der Waals surface area contributed by atoms with E-state index in [2.05, 4.69) is 49.2 Å². The Kier molecular flexibility index (Phi) is 1.83. The predicted molar refractivity (Wildman–Crippen MR) is 63.9 cm³/mol. The van der Waals surface area contributed by atoms with Crippen LogP contribution in [0, 0.1) is 6.92 Å². The van der Waals surface area contributed by atoms with Gasteiger partial charge in [0.05, 0.1) is 0 Å². The number of rotatable bonds is 0. The predicted octanol–water partition coefficient (Wildman–Crippen LogP) is 3.09. The molecule has 0 bridgehead atoms. The molecule has 1 aliphatic heterocycles. The fourth-order valence-corrected chi connectivity index (χ4v) is 2.66. The molecular formula is C14H15N. The lowest BCUT2D eigenvalue weighted by atomic mass is 9.94. The van der Waals surface area contributed by atoms with Crippen LogP contribution in [0.25, 0.3) is 10.8 Å². The summed E-state index contributed by atoms with van der Waals surface area (Å²) < 4.78 is 0. The van der Waals surface area contributed by atoms with Crippen LogP contribution in [0.15, 0.2) is 30.3 Å². The summed E-state index contributed by atoms with van der Waals surface area (Å²) in [5.74, 6) is 0. The van der Waals surface area contributed by atoms with Gasteiger partial charge in [0.25, 0.3) is 0 Å². The van der Waals surface area contributed by atoms with E-state index >= 15 is 0 Å². The van der Waals surface area contributed by atoms with Crippen LogP contribution >= 0.6 is 0 Å². The second-order valence-corrected chi connectivity index (χ2v) is 4.61. The zero-order valence-electron chi connectivity index (χ0n) is 9.25. The number of hydrogen-bond acceptors (Lipinski definition) is 1. The van der Waals surface area contributed by atoms with E-state index in [4.69, 9.17) is 0 Å². The van der Waals surface area contributed by atoms with Gasteiger partial charge in [-0.15, -0.1) is 0 Å². The van der Waals surface area contributed by atoms with Gasteiger partial charge in [-0.1, -0.05) is 35.9 Å². The van der Waals surface area contributed by atoms with Crippen LogP contribution in [0.4, 0.5) is 0 Å². The molecule has 2 aromatic rings. The molecule has 0 radical (unpaired) electrons. The zero-order chi connectivity index (χ0) is 10.4. The van der Waals surface area contributed by atoms with Crippen molar-refractivity contribution in [3.05, 3.63) is 47.0 Å². The first-order chi connectivity index (χ1) is 7.24. The molecule has 1 nitrogen and oxygen atoms in total. The monoisotopic (exact) mass is 197 g/mol. The summed E-state index contributed by atoms with van der Waals surface area (Å²) in [5.41, 5.74) is 4.32. The molecule has 15 heavy (non-hydrogen) atoms. The molecule has 1 heteroatoms. The van der Waals surface area contributed by atoms with Gasteiger partial charge in [0.2, 0.25) is 0 Å². The van der Waals surface area contributed by atoms with Crippen molar-refractivity contribution in [2.45, 2.75) is 20.0 Å². The van der Waals surface area contributed by atoms with Crippen LogP contribution < -0.4 is 0 Å². The first kappa shape index (κ1) is 8.93. The molecule has 0 saturated carbocycles. The summed E-state index contributed by atoms with van der Waals surface area (Å²) in [4.78, 5) is 2.37. The van der Waals surface area contributed by atoms with Crippen molar-refractivity contribution < 1.29 is 0 Å². The van der Waals surface area contributed by atoms with E-state index in [1.165, 1.54) is 27.5 Å². The summed E-state index contributed by atoms with van der Waals surface area (Å²) in [7, 11) is 2.18. The van der Waals surface area contributed by atoms with Crippen molar-refractivity contribution in [1.82, 2.24) is 4.90 Å². The number of nitrogens with zero attached hydrogens (tertiary/aromatic N) is 1. The van der Waals surface area contributed by atoms with Crippen molar-refractivity contribution in [3.63, 3.8) is 0 Å². The Balaban J connectivity index is 2.40. The van der Waals surface area contributed by atoms with E-state index in [0.717, 1.165) is 13.1 Å². The van der Waals surface area contributed by atoms with E-state index in [1.54, 1.807) is 0 Å². The Morgan fingerprint density at radius 3 is 2.73 bits per heavy atom. The van der Waals surface area contributed by atoms with E-state index in [1.807, 2.05) is 0 Å². The second-order valence-electron chi connectivity index (χ2n) is 4.61. The molecule has 0 saturated heterocycles. The lowest BCUT2D eigenvalue weighted by molar-refractivity contribution is 0.314. The third-order valence-corrected chi connectivity index (χ3v) is 3.17. The summed E-state index contributed by atoms with van der Waals surface area (Å²) in [5, 5.41) is 2.89. The third-order valence-electron chi connectivity index (χ3n) is 3.17. The van der Waals surface area contributed by atoms with Gasteiger partial charge in [-0.05, 0) is 35.9 Å². The summed E-state index contributed by atoms with van der Waals surface area (Å²) in [6, 6.07) is 11.2. The standard InChI is InChI=1S/C14H15N/c1-10-6-11-4-3-5-12-8-15(2)9-13(7-10)14(11)12/h3-7H,8-9H2,1-2H3. The van der Waals surface area contributed by atoms with Crippen LogP contribution in [-0.4, -0.2) is 11.9 Å².